The van der Waals surface area contributed by atoms with Crippen molar-refractivity contribution in [3.8, 4) is 0 Å². The van der Waals surface area contributed by atoms with E-state index in [1.807, 2.05) is 19.2 Å². The summed E-state index contributed by atoms with van der Waals surface area (Å²) < 4.78 is 2.53. The lowest BCUT2D eigenvalue weighted by Gasteiger charge is -2.25. The third-order valence-corrected chi connectivity index (χ3v) is 5.22. The zero-order chi connectivity index (χ0) is 17.2. The molecule has 0 bridgehead atoms. The second kappa shape index (κ2) is 6.85. The molecule has 2 aromatic heterocycles. The molecule has 25 heavy (non-hydrogen) atoms. The van der Waals surface area contributed by atoms with Gasteiger partial charge in [0.1, 0.15) is 0 Å². The monoisotopic (exact) mass is 331 g/mol. The molecule has 0 radical (unpaired) electrons. The molecule has 1 N–H and O–H groups in total. The number of aryl methyl sites for hydroxylation is 3. The van der Waals surface area contributed by atoms with E-state index in [1.54, 1.807) is 0 Å². The molecule has 0 saturated carbocycles. The zero-order valence-corrected chi connectivity index (χ0v) is 14.8. The largest absolute Gasteiger partial charge is 0.344 e. The zero-order valence-electron chi connectivity index (χ0n) is 14.8. The molecule has 3 heterocycles. The molecule has 1 atom stereocenters. The average molecular weight is 331 g/mol. The molecule has 3 aromatic rings. The van der Waals surface area contributed by atoms with Crippen LogP contribution < -0.4 is 5.32 Å². The van der Waals surface area contributed by atoms with E-state index < -0.39 is 0 Å². The van der Waals surface area contributed by atoms with Crippen LogP contribution >= 0.6 is 0 Å². The number of rotatable bonds is 5. The van der Waals surface area contributed by atoms with Gasteiger partial charge in [0.2, 0.25) is 0 Å². The van der Waals surface area contributed by atoms with Crippen LogP contribution in [-0.4, -0.2) is 16.1 Å². The first-order valence-electron chi connectivity index (χ1n) is 9.13. The van der Waals surface area contributed by atoms with Gasteiger partial charge in [0.25, 0.3) is 0 Å². The summed E-state index contributed by atoms with van der Waals surface area (Å²) in [5, 5.41) is 5.05. The van der Waals surface area contributed by atoms with Gasteiger partial charge in [0.05, 0.1) is 0 Å². The van der Waals surface area contributed by atoms with E-state index in [-0.39, 0.29) is 0 Å². The number of para-hydroxylation sites is 1. The molecule has 0 saturated heterocycles. The highest BCUT2D eigenvalue weighted by molar-refractivity contribution is 5.86. The molecular formula is C22H25N3. The normalized spacial score (nSPS) is 16.8. The number of pyridine rings is 1. The molecule has 1 aliphatic heterocycles. The van der Waals surface area contributed by atoms with Crippen molar-refractivity contribution in [2.75, 3.05) is 6.54 Å². The van der Waals surface area contributed by atoms with E-state index in [4.69, 9.17) is 0 Å². The van der Waals surface area contributed by atoms with Gasteiger partial charge in [-0.05, 0) is 43.0 Å². The van der Waals surface area contributed by atoms with Gasteiger partial charge >= 0.3 is 0 Å². The van der Waals surface area contributed by atoms with Gasteiger partial charge in [-0.15, -0.1) is 6.58 Å². The highest BCUT2D eigenvalue weighted by atomic mass is 15.0. The van der Waals surface area contributed by atoms with Crippen molar-refractivity contribution < 1.29 is 0 Å². The quantitative estimate of drug-likeness (QED) is 0.704. The van der Waals surface area contributed by atoms with E-state index in [1.165, 1.54) is 27.7 Å². The van der Waals surface area contributed by atoms with E-state index in [0.29, 0.717) is 6.04 Å². The van der Waals surface area contributed by atoms with Crippen LogP contribution in [0.1, 0.15) is 35.0 Å². The molecule has 1 aliphatic rings. The third-order valence-electron chi connectivity index (χ3n) is 5.22. The number of hydrogen-bond acceptors (Lipinski definition) is 2. The summed E-state index contributed by atoms with van der Waals surface area (Å²) >= 11 is 0. The SMILES string of the molecule is C=CCC1NCCc2c1c1ccccc1n2CCc1ccc(C)nc1. The Labute approximate surface area is 149 Å². The maximum atomic E-state index is 4.43. The van der Waals surface area contributed by atoms with Crippen molar-refractivity contribution in [2.24, 2.45) is 0 Å². The standard InChI is InChI=1S/C22H25N3/c1-3-6-19-22-18-7-4-5-8-20(18)25(21(22)11-13-23-19)14-12-17-10-9-16(2)24-15-17/h3-5,7-10,15,19,23H,1,6,11-14H2,2H3. The molecule has 1 unspecified atom stereocenters. The van der Waals surface area contributed by atoms with E-state index in [2.05, 4.69) is 57.8 Å². The smallest absolute Gasteiger partial charge is 0.0486 e. The lowest BCUT2D eigenvalue weighted by atomic mass is 9.95. The fourth-order valence-corrected chi connectivity index (χ4v) is 4.02. The third kappa shape index (κ3) is 3.00. The molecule has 3 nitrogen and oxygen atoms in total. The Morgan fingerprint density at radius 3 is 2.96 bits per heavy atom. The number of aromatic nitrogens is 2. The Kier molecular flexibility index (Phi) is 4.41. The van der Waals surface area contributed by atoms with E-state index in [0.717, 1.165) is 38.0 Å². The Balaban J connectivity index is 1.73. The minimum absolute atomic E-state index is 0.383. The Morgan fingerprint density at radius 2 is 2.16 bits per heavy atom. The highest BCUT2D eigenvalue weighted by Crippen LogP contribution is 2.35. The van der Waals surface area contributed by atoms with Crippen LogP contribution in [-0.2, 0) is 19.4 Å². The first-order chi connectivity index (χ1) is 12.3. The minimum Gasteiger partial charge on any atom is -0.344 e. The summed E-state index contributed by atoms with van der Waals surface area (Å²) in [4.78, 5) is 4.43. The first-order valence-corrected chi connectivity index (χ1v) is 9.13. The molecular weight excluding hydrogens is 306 g/mol. The predicted octanol–water partition coefficient (Wildman–Crippen LogP) is 4.35. The van der Waals surface area contributed by atoms with Crippen molar-refractivity contribution in [1.82, 2.24) is 14.9 Å². The van der Waals surface area contributed by atoms with E-state index >= 15 is 0 Å². The van der Waals surface area contributed by atoms with Gasteiger partial charge in [0, 0.05) is 54.0 Å². The fourth-order valence-electron chi connectivity index (χ4n) is 4.02. The van der Waals surface area contributed by atoms with Gasteiger partial charge in [0.15, 0.2) is 0 Å². The second-order valence-corrected chi connectivity index (χ2v) is 6.87. The van der Waals surface area contributed by atoms with Gasteiger partial charge in [-0.3, -0.25) is 4.98 Å². The van der Waals surface area contributed by atoms with Gasteiger partial charge in [-0.1, -0.05) is 30.3 Å². The van der Waals surface area contributed by atoms with Crippen LogP contribution in [0.15, 0.2) is 55.3 Å². The molecule has 3 heteroatoms. The second-order valence-electron chi connectivity index (χ2n) is 6.87. The van der Waals surface area contributed by atoms with Gasteiger partial charge in [-0.25, -0.2) is 0 Å². The molecule has 0 aliphatic carbocycles. The van der Waals surface area contributed by atoms with Crippen LogP contribution in [0.4, 0.5) is 0 Å². The molecule has 128 valence electrons. The van der Waals surface area contributed by atoms with Gasteiger partial charge < -0.3 is 9.88 Å². The number of nitrogens with zero attached hydrogens (tertiary/aromatic N) is 2. The molecule has 0 spiro atoms. The lowest BCUT2D eigenvalue weighted by Crippen LogP contribution is -2.30. The molecule has 0 amide bonds. The van der Waals surface area contributed by atoms with Crippen molar-refractivity contribution in [2.45, 2.75) is 38.8 Å². The van der Waals surface area contributed by atoms with Crippen molar-refractivity contribution in [3.63, 3.8) is 0 Å². The van der Waals surface area contributed by atoms with Crippen molar-refractivity contribution >= 4 is 10.9 Å². The highest BCUT2D eigenvalue weighted by Gasteiger charge is 2.25. The number of hydrogen-bond donors (Lipinski definition) is 1. The average Bonchev–Trinajstić information content (AvgIpc) is 2.96. The van der Waals surface area contributed by atoms with Crippen LogP contribution in [0, 0.1) is 6.92 Å². The Morgan fingerprint density at radius 1 is 1.28 bits per heavy atom. The topological polar surface area (TPSA) is 29.9 Å². The maximum absolute atomic E-state index is 4.43. The van der Waals surface area contributed by atoms with E-state index in [9.17, 15) is 0 Å². The van der Waals surface area contributed by atoms with Crippen LogP contribution in [0.2, 0.25) is 0 Å². The summed E-state index contributed by atoms with van der Waals surface area (Å²) in [6.45, 7) is 8.01. The van der Waals surface area contributed by atoms with Crippen molar-refractivity contribution in [1.29, 1.82) is 0 Å². The Hall–Kier alpha value is -2.39. The van der Waals surface area contributed by atoms with Crippen LogP contribution in [0.25, 0.3) is 10.9 Å². The number of benzene rings is 1. The summed E-state index contributed by atoms with van der Waals surface area (Å²) in [5.41, 5.74) is 6.69. The van der Waals surface area contributed by atoms with Crippen molar-refractivity contribution in [3.05, 3.63) is 77.8 Å². The minimum atomic E-state index is 0.383. The van der Waals surface area contributed by atoms with Crippen LogP contribution in [0.3, 0.4) is 0 Å². The fraction of sp³-hybridized carbons (Fsp3) is 0.318. The lowest BCUT2D eigenvalue weighted by molar-refractivity contribution is 0.495. The summed E-state index contributed by atoms with van der Waals surface area (Å²) in [5.74, 6) is 0. The van der Waals surface area contributed by atoms with Gasteiger partial charge in [-0.2, -0.15) is 0 Å². The maximum Gasteiger partial charge on any atom is 0.0486 e. The van der Waals surface area contributed by atoms with Crippen LogP contribution in [0.5, 0.6) is 0 Å². The summed E-state index contributed by atoms with van der Waals surface area (Å²) in [6, 6.07) is 13.5. The Bertz CT molecular complexity index is 890. The molecule has 1 aromatic carbocycles. The summed E-state index contributed by atoms with van der Waals surface area (Å²) in [6.07, 6.45) is 7.11. The molecule has 4 rings (SSSR count). The number of nitrogens with one attached hydrogen (secondary N) is 1. The number of fused-ring (bicyclic) bond motifs is 3. The first kappa shape index (κ1) is 16.1. The molecule has 0 fully saturated rings. The predicted molar refractivity (Wildman–Crippen MR) is 104 cm³/mol. The summed E-state index contributed by atoms with van der Waals surface area (Å²) in [7, 11) is 0.